The number of rotatable bonds is 0. The highest BCUT2D eigenvalue weighted by atomic mass is 35.5. The first-order valence-corrected chi connectivity index (χ1v) is 6.22. The van der Waals surface area contributed by atoms with E-state index in [1.165, 1.54) is 0 Å². The number of fused-ring (bicyclic) bond motifs is 3. The lowest BCUT2D eigenvalue weighted by Crippen LogP contribution is -2.58. The van der Waals surface area contributed by atoms with Crippen molar-refractivity contribution in [1.82, 2.24) is 4.90 Å². The second kappa shape index (κ2) is 3.19. The molecule has 2 atom stereocenters. The highest BCUT2D eigenvalue weighted by molar-refractivity contribution is 6.30. The van der Waals surface area contributed by atoms with Crippen molar-refractivity contribution in [3.8, 4) is 0 Å². The maximum atomic E-state index is 12.3. The van der Waals surface area contributed by atoms with Gasteiger partial charge in [-0.05, 0) is 30.7 Å². The van der Waals surface area contributed by atoms with Crippen LogP contribution < -0.4 is 4.90 Å². The number of carbonyl (C=O) groups excluding carboxylic acids is 1. The molecule has 0 bridgehead atoms. The second-order valence-corrected chi connectivity index (χ2v) is 5.82. The molecule has 2 aliphatic heterocycles. The van der Waals surface area contributed by atoms with Crippen LogP contribution in [-0.2, 0) is 10.2 Å². The number of anilines is 1. The molecule has 1 aromatic carbocycles. The Balaban J connectivity index is 2.30. The Morgan fingerprint density at radius 3 is 2.72 bits per heavy atom. The zero-order chi connectivity index (χ0) is 13.3. The Hall–Kier alpha value is -1.26. The van der Waals surface area contributed by atoms with Crippen LogP contribution in [0, 0.1) is 0 Å². The van der Waals surface area contributed by atoms with E-state index in [2.05, 4.69) is 0 Å². The number of nitrogens with zero attached hydrogens (tertiary/aromatic N) is 2. The highest BCUT2D eigenvalue weighted by Crippen LogP contribution is 2.54. The molecule has 3 rings (SSSR count). The van der Waals surface area contributed by atoms with E-state index in [4.69, 9.17) is 11.6 Å². The topological polar surface area (TPSA) is 43.8 Å². The van der Waals surface area contributed by atoms with Gasteiger partial charge in [-0.2, -0.15) is 0 Å². The second-order valence-electron chi connectivity index (χ2n) is 5.39. The minimum Gasteiger partial charge on any atom is -0.362 e. The molecular weight excluding hydrogens is 252 g/mol. The molecule has 2 heterocycles. The number of hydrogen-bond acceptors (Lipinski definition) is 3. The summed E-state index contributed by atoms with van der Waals surface area (Å²) in [6.45, 7) is 2.40. The first kappa shape index (κ1) is 11.8. The lowest BCUT2D eigenvalue weighted by Gasteiger charge is -2.34. The quantitative estimate of drug-likeness (QED) is 0.768. The number of halogens is 1. The Labute approximate surface area is 111 Å². The smallest absolute Gasteiger partial charge is 0.276 e. The summed E-state index contributed by atoms with van der Waals surface area (Å²) in [5.74, 6) is -0.264. The van der Waals surface area contributed by atoms with Gasteiger partial charge in [0.05, 0.1) is 5.41 Å². The molecule has 1 amide bonds. The molecule has 18 heavy (non-hydrogen) atoms. The number of likely N-dealkylation sites (N-methyl/N-ethyl adjacent to an activating group) is 2. The SMILES string of the molecule is CN1C[C@]2(C)c3cc(Cl)ccc3N(C)[C@]2(O)C1=O. The number of benzene rings is 1. The summed E-state index contributed by atoms with van der Waals surface area (Å²) in [6, 6.07) is 5.48. The molecule has 1 N–H and O–H groups in total. The van der Waals surface area contributed by atoms with Crippen LogP contribution in [0.5, 0.6) is 0 Å². The van der Waals surface area contributed by atoms with Gasteiger partial charge in [0.15, 0.2) is 0 Å². The molecular formula is C13H15ClN2O2. The van der Waals surface area contributed by atoms with E-state index in [0.717, 1.165) is 11.3 Å². The van der Waals surface area contributed by atoms with E-state index >= 15 is 0 Å². The van der Waals surface area contributed by atoms with Crippen molar-refractivity contribution in [2.45, 2.75) is 18.1 Å². The fourth-order valence-electron chi connectivity index (χ4n) is 3.36. The Bertz CT molecular complexity index is 562. The van der Waals surface area contributed by atoms with Crippen LogP contribution in [0.4, 0.5) is 5.69 Å². The number of likely N-dealkylation sites (tertiary alicyclic amines) is 1. The summed E-state index contributed by atoms with van der Waals surface area (Å²) >= 11 is 6.04. The molecule has 4 nitrogen and oxygen atoms in total. The lowest BCUT2D eigenvalue weighted by atomic mass is 9.78. The van der Waals surface area contributed by atoms with Gasteiger partial charge >= 0.3 is 0 Å². The predicted molar refractivity (Wildman–Crippen MR) is 69.8 cm³/mol. The van der Waals surface area contributed by atoms with Gasteiger partial charge in [0.2, 0.25) is 5.72 Å². The van der Waals surface area contributed by atoms with E-state index in [1.54, 1.807) is 30.0 Å². The van der Waals surface area contributed by atoms with Crippen molar-refractivity contribution < 1.29 is 9.90 Å². The summed E-state index contributed by atoms with van der Waals surface area (Å²) in [5, 5.41) is 11.5. The van der Waals surface area contributed by atoms with Gasteiger partial charge in [-0.15, -0.1) is 0 Å². The highest BCUT2D eigenvalue weighted by Gasteiger charge is 2.67. The number of hydrogen-bond donors (Lipinski definition) is 1. The van der Waals surface area contributed by atoms with Crippen molar-refractivity contribution in [2.75, 3.05) is 25.5 Å². The Morgan fingerprint density at radius 2 is 2.06 bits per heavy atom. The van der Waals surface area contributed by atoms with Crippen LogP contribution in [0.15, 0.2) is 18.2 Å². The van der Waals surface area contributed by atoms with Crippen LogP contribution >= 0.6 is 11.6 Å². The summed E-state index contributed by atoms with van der Waals surface area (Å²) in [4.78, 5) is 15.5. The van der Waals surface area contributed by atoms with Crippen molar-refractivity contribution in [1.29, 1.82) is 0 Å². The molecule has 1 fully saturated rings. The fourth-order valence-corrected chi connectivity index (χ4v) is 3.53. The number of carbonyl (C=O) groups is 1. The molecule has 2 aliphatic rings. The lowest BCUT2D eigenvalue weighted by molar-refractivity contribution is -0.143. The molecule has 0 radical (unpaired) electrons. The van der Waals surface area contributed by atoms with Crippen LogP contribution in [-0.4, -0.2) is 42.3 Å². The first-order valence-electron chi connectivity index (χ1n) is 5.84. The third-order valence-electron chi connectivity index (χ3n) is 4.37. The molecule has 1 saturated heterocycles. The van der Waals surface area contributed by atoms with Crippen molar-refractivity contribution >= 4 is 23.2 Å². The van der Waals surface area contributed by atoms with Crippen molar-refractivity contribution in [3.63, 3.8) is 0 Å². The average molecular weight is 267 g/mol. The maximum absolute atomic E-state index is 12.3. The van der Waals surface area contributed by atoms with E-state index < -0.39 is 11.1 Å². The van der Waals surface area contributed by atoms with Crippen molar-refractivity contribution in [3.05, 3.63) is 28.8 Å². The monoisotopic (exact) mass is 266 g/mol. The average Bonchev–Trinajstić information content (AvgIpc) is 2.60. The minimum atomic E-state index is -1.51. The summed E-state index contributed by atoms with van der Waals surface area (Å²) < 4.78 is 0. The molecule has 5 heteroatoms. The zero-order valence-corrected chi connectivity index (χ0v) is 11.3. The van der Waals surface area contributed by atoms with Gasteiger partial charge in [-0.25, -0.2) is 0 Å². The standard InChI is InChI=1S/C13H15ClN2O2/c1-12-7-15(2)11(17)13(12,18)16(3)10-5-4-8(14)6-9(10)12/h4-6,18H,7H2,1-3H3/t12-,13+/m1/s1. The summed E-state index contributed by atoms with van der Waals surface area (Å²) in [5.41, 5.74) is -0.355. The Kier molecular flexibility index (Phi) is 2.09. The largest absolute Gasteiger partial charge is 0.362 e. The molecule has 96 valence electrons. The molecule has 1 aromatic rings. The van der Waals surface area contributed by atoms with E-state index in [-0.39, 0.29) is 5.91 Å². The van der Waals surface area contributed by atoms with Gasteiger partial charge in [0.1, 0.15) is 0 Å². The van der Waals surface area contributed by atoms with Gasteiger partial charge in [-0.3, -0.25) is 4.79 Å². The van der Waals surface area contributed by atoms with Gasteiger partial charge < -0.3 is 14.9 Å². The Morgan fingerprint density at radius 1 is 1.39 bits per heavy atom. The van der Waals surface area contributed by atoms with Gasteiger partial charge in [0, 0.05) is 31.4 Å². The van der Waals surface area contributed by atoms with Crippen LogP contribution in [0.25, 0.3) is 0 Å². The number of aliphatic hydroxyl groups is 1. The predicted octanol–water partition coefficient (Wildman–Crippen LogP) is 1.21. The third kappa shape index (κ3) is 1.04. The van der Waals surface area contributed by atoms with E-state index in [0.29, 0.717) is 11.6 Å². The normalized spacial score (nSPS) is 33.9. The van der Waals surface area contributed by atoms with Gasteiger partial charge in [0.25, 0.3) is 5.91 Å². The maximum Gasteiger partial charge on any atom is 0.276 e. The zero-order valence-electron chi connectivity index (χ0n) is 10.6. The van der Waals surface area contributed by atoms with E-state index in [9.17, 15) is 9.90 Å². The van der Waals surface area contributed by atoms with Crippen LogP contribution in [0.2, 0.25) is 5.02 Å². The summed E-state index contributed by atoms with van der Waals surface area (Å²) in [7, 11) is 3.46. The fraction of sp³-hybridized carbons (Fsp3) is 0.462. The molecule has 0 saturated carbocycles. The van der Waals surface area contributed by atoms with Gasteiger partial charge in [-0.1, -0.05) is 11.6 Å². The molecule has 0 aromatic heterocycles. The summed E-state index contributed by atoms with van der Waals surface area (Å²) in [6.07, 6.45) is 0. The van der Waals surface area contributed by atoms with Crippen LogP contribution in [0.1, 0.15) is 12.5 Å². The minimum absolute atomic E-state index is 0.264. The molecule has 0 unspecified atom stereocenters. The number of amides is 1. The van der Waals surface area contributed by atoms with Crippen molar-refractivity contribution in [2.24, 2.45) is 0 Å². The first-order chi connectivity index (χ1) is 8.32. The molecule has 0 spiro atoms. The van der Waals surface area contributed by atoms with E-state index in [1.807, 2.05) is 19.1 Å². The third-order valence-corrected chi connectivity index (χ3v) is 4.60. The molecule has 0 aliphatic carbocycles. The van der Waals surface area contributed by atoms with Crippen LogP contribution in [0.3, 0.4) is 0 Å².